The summed E-state index contributed by atoms with van der Waals surface area (Å²) >= 11 is 4.90. The van der Waals surface area contributed by atoms with E-state index >= 15 is 0 Å². The molecule has 1 unspecified atom stereocenters. The third kappa shape index (κ3) is 1.67. The second-order valence-corrected chi connectivity index (χ2v) is 5.04. The molecule has 0 aromatic heterocycles. The van der Waals surface area contributed by atoms with Crippen LogP contribution in [0.15, 0.2) is 27.6 Å². The van der Waals surface area contributed by atoms with Crippen LogP contribution in [0, 0.1) is 0 Å². The van der Waals surface area contributed by atoms with Crippen LogP contribution in [0.3, 0.4) is 0 Å². The van der Waals surface area contributed by atoms with Crippen LogP contribution >= 0.6 is 27.7 Å². The number of nitrogens with one attached hydrogen (secondary N) is 1. The molecule has 14 heavy (non-hydrogen) atoms. The van der Waals surface area contributed by atoms with Gasteiger partial charge in [-0.3, -0.25) is 4.79 Å². The highest BCUT2D eigenvalue weighted by molar-refractivity contribution is 9.10. The molecule has 3 N–H and O–H groups in total. The van der Waals surface area contributed by atoms with Crippen molar-refractivity contribution in [1.82, 2.24) is 0 Å². The molecule has 1 amide bonds. The van der Waals surface area contributed by atoms with Gasteiger partial charge in [0.25, 0.3) is 0 Å². The van der Waals surface area contributed by atoms with Crippen molar-refractivity contribution in [3.05, 3.63) is 22.7 Å². The summed E-state index contributed by atoms with van der Waals surface area (Å²) in [5.74, 6) is -0.0168. The summed E-state index contributed by atoms with van der Waals surface area (Å²) in [5.41, 5.74) is 6.35. The van der Waals surface area contributed by atoms with Crippen molar-refractivity contribution in [3.63, 3.8) is 0 Å². The van der Waals surface area contributed by atoms with E-state index in [1.165, 1.54) is 11.8 Å². The van der Waals surface area contributed by atoms with Crippen LogP contribution in [-0.4, -0.2) is 17.7 Å². The van der Waals surface area contributed by atoms with Crippen LogP contribution in [0.5, 0.6) is 0 Å². The van der Waals surface area contributed by atoms with Crippen LogP contribution < -0.4 is 11.1 Å². The van der Waals surface area contributed by atoms with E-state index in [0.29, 0.717) is 6.54 Å². The number of carbonyl (C=O) groups is 1. The van der Waals surface area contributed by atoms with Crippen LogP contribution in [-0.2, 0) is 4.79 Å². The number of hydrogen-bond acceptors (Lipinski definition) is 3. The van der Waals surface area contributed by atoms with E-state index in [-0.39, 0.29) is 11.2 Å². The Morgan fingerprint density at radius 3 is 3.07 bits per heavy atom. The van der Waals surface area contributed by atoms with Gasteiger partial charge in [-0.15, -0.1) is 11.8 Å². The number of carbonyl (C=O) groups excluding carboxylic acids is 1. The standard InChI is InChI=1S/C9H9BrN2OS/c10-5-2-1-3-6-8(5)12-9(13)7(4-11)14-6/h1-3,7H,4,11H2,(H,12,13). The summed E-state index contributed by atoms with van der Waals surface area (Å²) in [4.78, 5) is 12.6. The third-order valence-electron chi connectivity index (χ3n) is 2.00. The number of para-hydroxylation sites is 1. The van der Waals surface area contributed by atoms with Crippen LogP contribution in [0.1, 0.15) is 0 Å². The lowest BCUT2D eigenvalue weighted by atomic mass is 10.3. The molecule has 0 saturated heterocycles. The number of thioether (sulfide) groups is 1. The molecule has 3 nitrogen and oxygen atoms in total. The molecule has 0 radical (unpaired) electrons. The van der Waals surface area contributed by atoms with Gasteiger partial charge >= 0.3 is 0 Å². The minimum absolute atomic E-state index is 0.0168. The van der Waals surface area contributed by atoms with Crippen molar-refractivity contribution < 1.29 is 4.79 Å². The molecule has 1 aromatic rings. The highest BCUT2D eigenvalue weighted by Gasteiger charge is 2.26. The maximum Gasteiger partial charge on any atom is 0.239 e. The van der Waals surface area contributed by atoms with E-state index in [4.69, 9.17) is 5.73 Å². The fourth-order valence-corrected chi connectivity index (χ4v) is 2.89. The Balaban J connectivity index is 2.40. The predicted molar refractivity (Wildman–Crippen MR) is 61.5 cm³/mol. The summed E-state index contributed by atoms with van der Waals surface area (Å²) in [6, 6.07) is 5.83. The maximum atomic E-state index is 11.5. The highest BCUT2D eigenvalue weighted by atomic mass is 79.9. The minimum Gasteiger partial charge on any atom is -0.329 e. The first kappa shape index (κ1) is 10.0. The number of fused-ring (bicyclic) bond motifs is 1. The Morgan fingerprint density at radius 1 is 1.57 bits per heavy atom. The third-order valence-corrected chi connectivity index (χ3v) is 3.95. The van der Waals surface area contributed by atoms with Gasteiger partial charge in [-0.25, -0.2) is 0 Å². The Morgan fingerprint density at radius 2 is 2.36 bits per heavy atom. The number of rotatable bonds is 1. The van der Waals surface area contributed by atoms with Gasteiger partial charge in [-0.2, -0.15) is 0 Å². The normalized spacial score (nSPS) is 20.1. The summed E-state index contributed by atoms with van der Waals surface area (Å²) in [6.07, 6.45) is 0. The van der Waals surface area contributed by atoms with Crippen molar-refractivity contribution in [2.24, 2.45) is 5.73 Å². The highest BCUT2D eigenvalue weighted by Crippen LogP contribution is 2.39. The molecular formula is C9H9BrN2OS. The van der Waals surface area contributed by atoms with Gasteiger partial charge in [-0.05, 0) is 28.1 Å². The molecule has 0 spiro atoms. The number of nitrogens with two attached hydrogens (primary N) is 1. The SMILES string of the molecule is NCC1Sc2cccc(Br)c2NC1=O. The topological polar surface area (TPSA) is 55.1 Å². The van der Waals surface area contributed by atoms with Crippen LogP contribution in [0.4, 0.5) is 5.69 Å². The zero-order valence-electron chi connectivity index (χ0n) is 7.29. The van der Waals surface area contributed by atoms with Gasteiger partial charge in [0.15, 0.2) is 0 Å². The zero-order valence-corrected chi connectivity index (χ0v) is 9.69. The fraction of sp³-hybridized carbons (Fsp3) is 0.222. The summed E-state index contributed by atoms with van der Waals surface area (Å²) in [7, 11) is 0. The second-order valence-electron chi connectivity index (χ2n) is 2.94. The van der Waals surface area contributed by atoms with Crippen molar-refractivity contribution in [2.75, 3.05) is 11.9 Å². The van der Waals surface area contributed by atoms with E-state index in [9.17, 15) is 4.79 Å². The van der Waals surface area contributed by atoms with E-state index in [1.807, 2.05) is 18.2 Å². The first-order valence-electron chi connectivity index (χ1n) is 4.18. The number of anilines is 1. The quantitative estimate of drug-likeness (QED) is 0.820. The maximum absolute atomic E-state index is 11.5. The van der Waals surface area contributed by atoms with Crippen molar-refractivity contribution in [3.8, 4) is 0 Å². The largest absolute Gasteiger partial charge is 0.329 e. The molecule has 1 atom stereocenters. The van der Waals surface area contributed by atoms with E-state index in [2.05, 4.69) is 21.2 Å². The Bertz CT molecular complexity index is 383. The predicted octanol–water partition coefficient (Wildman–Crippen LogP) is 1.82. The Hall–Kier alpha value is -0.520. The monoisotopic (exact) mass is 272 g/mol. The minimum atomic E-state index is -0.170. The van der Waals surface area contributed by atoms with Gasteiger partial charge < -0.3 is 11.1 Å². The van der Waals surface area contributed by atoms with Crippen molar-refractivity contribution in [1.29, 1.82) is 0 Å². The number of amides is 1. The molecule has 1 heterocycles. The lowest BCUT2D eigenvalue weighted by Crippen LogP contribution is -2.34. The first-order valence-corrected chi connectivity index (χ1v) is 5.85. The Kier molecular flexibility index (Phi) is 2.80. The molecule has 2 rings (SSSR count). The van der Waals surface area contributed by atoms with Gasteiger partial charge in [0.2, 0.25) is 5.91 Å². The number of hydrogen-bond donors (Lipinski definition) is 2. The van der Waals surface area contributed by atoms with Gasteiger partial charge in [0.1, 0.15) is 5.25 Å². The zero-order chi connectivity index (χ0) is 10.1. The molecule has 1 aromatic carbocycles. The molecule has 0 bridgehead atoms. The van der Waals surface area contributed by atoms with E-state index < -0.39 is 0 Å². The van der Waals surface area contributed by atoms with Gasteiger partial charge in [-0.1, -0.05) is 6.07 Å². The van der Waals surface area contributed by atoms with Crippen molar-refractivity contribution in [2.45, 2.75) is 10.1 Å². The van der Waals surface area contributed by atoms with E-state index in [0.717, 1.165) is 15.1 Å². The molecular weight excluding hydrogens is 264 g/mol. The fourth-order valence-electron chi connectivity index (χ4n) is 1.29. The average Bonchev–Trinajstić information content (AvgIpc) is 2.19. The molecule has 74 valence electrons. The lowest BCUT2D eigenvalue weighted by Gasteiger charge is -2.23. The molecule has 0 saturated carbocycles. The van der Waals surface area contributed by atoms with Gasteiger partial charge in [0, 0.05) is 15.9 Å². The average molecular weight is 273 g/mol. The Labute approximate surface area is 94.6 Å². The second kappa shape index (κ2) is 3.92. The molecule has 1 aliphatic rings. The van der Waals surface area contributed by atoms with Crippen LogP contribution in [0.25, 0.3) is 0 Å². The van der Waals surface area contributed by atoms with E-state index in [1.54, 1.807) is 0 Å². The van der Waals surface area contributed by atoms with Crippen molar-refractivity contribution >= 4 is 39.3 Å². The first-order chi connectivity index (χ1) is 6.72. The number of benzene rings is 1. The molecule has 5 heteroatoms. The smallest absolute Gasteiger partial charge is 0.239 e. The van der Waals surface area contributed by atoms with Crippen LogP contribution in [0.2, 0.25) is 0 Å². The molecule has 0 fully saturated rings. The lowest BCUT2D eigenvalue weighted by molar-refractivity contribution is -0.115. The molecule has 0 aliphatic carbocycles. The number of halogens is 1. The molecule has 1 aliphatic heterocycles. The summed E-state index contributed by atoms with van der Waals surface area (Å²) in [6.45, 7) is 0.364. The summed E-state index contributed by atoms with van der Waals surface area (Å²) < 4.78 is 0.909. The summed E-state index contributed by atoms with van der Waals surface area (Å²) in [5, 5.41) is 2.67. The van der Waals surface area contributed by atoms with Gasteiger partial charge in [0.05, 0.1) is 5.69 Å².